The molecule has 0 heterocycles. The summed E-state index contributed by atoms with van der Waals surface area (Å²) >= 11 is 0. The van der Waals surface area contributed by atoms with Crippen molar-refractivity contribution >= 4 is 9.84 Å². The first-order valence-corrected chi connectivity index (χ1v) is 4.31. The fraction of sp³-hybridized carbons (Fsp3) is 0.600. The Morgan fingerprint density at radius 3 is 1.67 bits per heavy atom. The fourth-order valence-corrected chi connectivity index (χ4v) is 0.805. The number of hydrogen-bond donors (Lipinski definition) is 1. The van der Waals surface area contributed by atoms with E-state index in [-0.39, 0.29) is 10.7 Å². The average Bonchev–Trinajstić information content (AvgIpc) is 1.62. The van der Waals surface area contributed by atoms with Gasteiger partial charge in [-0.25, -0.2) is 8.42 Å². The summed E-state index contributed by atoms with van der Waals surface area (Å²) in [5.41, 5.74) is 0. The van der Waals surface area contributed by atoms with Crippen molar-refractivity contribution in [1.29, 1.82) is 0 Å². The second kappa shape index (κ2) is 2.39. The van der Waals surface area contributed by atoms with Crippen LogP contribution >= 0.6 is 0 Å². The fourth-order valence-electron chi connectivity index (χ4n) is 0.268. The van der Waals surface area contributed by atoms with Crippen molar-refractivity contribution in [3.63, 3.8) is 0 Å². The zero-order valence-corrected chi connectivity index (χ0v) is 6.49. The van der Waals surface area contributed by atoms with Crippen molar-refractivity contribution in [1.82, 2.24) is 0 Å². The molecular formula is C5H10O3S. The van der Waals surface area contributed by atoms with Crippen molar-refractivity contribution in [2.75, 3.05) is 6.26 Å². The largest absolute Gasteiger partial charge is 0.512 e. The van der Waals surface area contributed by atoms with Gasteiger partial charge in [-0.2, -0.15) is 0 Å². The van der Waals surface area contributed by atoms with Crippen molar-refractivity contribution in [2.24, 2.45) is 0 Å². The molecule has 0 unspecified atom stereocenters. The van der Waals surface area contributed by atoms with Gasteiger partial charge in [0.2, 0.25) is 0 Å². The minimum absolute atomic E-state index is 0.0301. The molecule has 0 atom stereocenters. The molecule has 9 heavy (non-hydrogen) atoms. The van der Waals surface area contributed by atoms with Gasteiger partial charge in [0.25, 0.3) is 0 Å². The summed E-state index contributed by atoms with van der Waals surface area (Å²) in [5.74, 6) is -0.141. The molecule has 0 aromatic carbocycles. The molecule has 0 rings (SSSR count). The van der Waals surface area contributed by atoms with E-state index in [1.165, 1.54) is 13.8 Å². The molecule has 0 saturated carbocycles. The van der Waals surface area contributed by atoms with Crippen LogP contribution in [0.2, 0.25) is 0 Å². The first-order chi connectivity index (χ1) is 3.85. The lowest BCUT2D eigenvalue weighted by Gasteiger charge is -1.96. The summed E-state index contributed by atoms with van der Waals surface area (Å²) in [4.78, 5) is 0.0301. The first-order valence-electron chi connectivity index (χ1n) is 2.42. The van der Waals surface area contributed by atoms with Gasteiger partial charge in [0.15, 0.2) is 9.84 Å². The highest BCUT2D eigenvalue weighted by molar-refractivity contribution is 7.94. The molecule has 0 radical (unpaired) electrons. The SMILES string of the molecule is CC(O)=C(C)S(C)(=O)=O. The third-order valence-corrected chi connectivity index (χ3v) is 2.47. The molecule has 0 aromatic rings. The highest BCUT2D eigenvalue weighted by atomic mass is 32.2. The van der Waals surface area contributed by atoms with Crippen LogP contribution in [0.4, 0.5) is 0 Å². The van der Waals surface area contributed by atoms with E-state index in [1.807, 2.05) is 0 Å². The molecule has 0 aliphatic rings. The van der Waals surface area contributed by atoms with Gasteiger partial charge in [-0.1, -0.05) is 0 Å². The molecule has 0 amide bonds. The van der Waals surface area contributed by atoms with Crippen LogP contribution in [0.1, 0.15) is 13.8 Å². The highest BCUT2D eigenvalue weighted by Gasteiger charge is 2.07. The van der Waals surface area contributed by atoms with Gasteiger partial charge in [-0.15, -0.1) is 0 Å². The lowest BCUT2D eigenvalue weighted by atomic mass is 10.5. The van der Waals surface area contributed by atoms with E-state index in [1.54, 1.807) is 0 Å². The van der Waals surface area contributed by atoms with Crippen LogP contribution in [-0.2, 0) is 9.84 Å². The normalized spacial score (nSPS) is 15.0. The van der Waals surface area contributed by atoms with Gasteiger partial charge in [-0.05, 0) is 13.8 Å². The molecule has 0 fully saturated rings. The summed E-state index contributed by atoms with van der Waals surface area (Å²) in [6, 6.07) is 0. The maximum atomic E-state index is 10.6. The van der Waals surface area contributed by atoms with E-state index in [2.05, 4.69) is 0 Å². The third-order valence-electron chi connectivity index (χ3n) is 1.07. The maximum Gasteiger partial charge on any atom is 0.174 e. The maximum absolute atomic E-state index is 10.6. The van der Waals surface area contributed by atoms with Crippen molar-refractivity contribution in [2.45, 2.75) is 13.8 Å². The molecule has 0 bridgehead atoms. The molecule has 0 spiro atoms. The number of rotatable bonds is 1. The van der Waals surface area contributed by atoms with Gasteiger partial charge >= 0.3 is 0 Å². The number of allylic oxidation sites excluding steroid dienone is 2. The molecule has 54 valence electrons. The molecule has 1 N–H and O–H groups in total. The van der Waals surface area contributed by atoms with Gasteiger partial charge in [0, 0.05) is 6.26 Å². The van der Waals surface area contributed by atoms with Crippen LogP contribution in [0, 0.1) is 0 Å². The number of aliphatic hydroxyl groups is 1. The second-order valence-corrected chi connectivity index (χ2v) is 4.07. The molecule has 0 aliphatic carbocycles. The third kappa shape index (κ3) is 2.51. The zero-order chi connectivity index (χ0) is 7.65. The minimum atomic E-state index is -3.17. The predicted molar refractivity (Wildman–Crippen MR) is 35.8 cm³/mol. The van der Waals surface area contributed by atoms with Crippen LogP contribution in [0.25, 0.3) is 0 Å². The topological polar surface area (TPSA) is 54.4 Å². The van der Waals surface area contributed by atoms with Crippen LogP contribution in [0.5, 0.6) is 0 Å². The average molecular weight is 150 g/mol. The van der Waals surface area contributed by atoms with Gasteiger partial charge in [-0.3, -0.25) is 0 Å². The Hall–Kier alpha value is -0.510. The summed E-state index contributed by atoms with van der Waals surface area (Å²) in [5, 5.41) is 8.66. The monoisotopic (exact) mass is 150 g/mol. The van der Waals surface area contributed by atoms with Crippen LogP contribution in [0.3, 0.4) is 0 Å². The Morgan fingerprint density at radius 2 is 1.67 bits per heavy atom. The van der Waals surface area contributed by atoms with Crippen LogP contribution < -0.4 is 0 Å². The standard InChI is InChI=1S/C5H10O3S/c1-4(6)5(2)9(3,7)8/h6H,1-3H3. The minimum Gasteiger partial charge on any atom is -0.512 e. The highest BCUT2D eigenvalue weighted by Crippen LogP contribution is 2.05. The van der Waals surface area contributed by atoms with Crippen LogP contribution in [0.15, 0.2) is 10.7 Å². The second-order valence-electron chi connectivity index (χ2n) is 1.91. The molecule has 0 aliphatic heterocycles. The Morgan fingerprint density at radius 1 is 1.33 bits per heavy atom. The van der Waals surface area contributed by atoms with E-state index in [4.69, 9.17) is 5.11 Å². The molecular weight excluding hydrogens is 140 g/mol. The summed E-state index contributed by atoms with van der Waals surface area (Å²) in [6.07, 6.45) is 1.06. The lowest BCUT2D eigenvalue weighted by molar-refractivity contribution is 0.410. The Balaban J connectivity index is 4.86. The number of sulfone groups is 1. The van der Waals surface area contributed by atoms with Gasteiger partial charge < -0.3 is 5.11 Å². The van der Waals surface area contributed by atoms with E-state index in [9.17, 15) is 8.42 Å². The van der Waals surface area contributed by atoms with Crippen molar-refractivity contribution in [3.05, 3.63) is 10.7 Å². The van der Waals surface area contributed by atoms with Gasteiger partial charge in [0.05, 0.1) is 4.91 Å². The lowest BCUT2D eigenvalue weighted by Crippen LogP contribution is -1.99. The van der Waals surface area contributed by atoms with Crippen molar-refractivity contribution in [3.8, 4) is 0 Å². The number of aliphatic hydroxyl groups excluding tert-OH is 1. The summed E-state index contributed by atoms with van der Waals surface area (Å²) < 4.78 is 21.1. The Bertz CT molecular complexity index is 219. The molecule has 0 saturated heterocycles. The van der Waals surface area contributed by atoms with Crippen LogP contribution in [-0.4, -0.2) is 19.8 Å². The summed E-state index contributed by atoms with van der Waals surface area (Å²) in [6.45, 7) is 2.71. The Kier molecular flexibility index (Phi) is 2.25. The number of hydrogen-bond acceptors (Lipinski definition) is 3. The molecule has 4 heteroatoms. The Labute approximate surface area is 54.9 Å². The first kappa shape index (κ1) is 8.49. The van der Waals surface area contributed by atoms with E-state index in [0.717, 1.165) is 6.26 Å². The van der Waals surface area contributed by atoms with E-state index >= 15 is 0 Å². The van der Waals surface area contributed by atoms with E-state index < -0.39 is 9.84 Å². The summed E-state index contributed by atoms with van der Waals surface area (Å²) in [7, 11) is -3.17. The quantitative estimate of drug-likeness (QED) is 0.563. The predicted octanol–water partition coefficient (Wildman–Crippen LogP) is 0.840. The van der Waals surface area contributed by atoms with Gasteiger partial charge in [0.1, 0.15) is 5.76 Å². The molecule has 0 aromatic heterocycles. The van der Waals surface area contributed by atoms with E-state index in [0.29, 0.717) is 0 Å². The smallest absolute Gasteiger partial charge is 0.174 e. The van der Waals surface area contributed by atoms with Crippen molar-refractivity contribution < 1.29 is 13.5 Å². The zero-order valence-electron chi connectivity index (χ0n) is 5.67. The molecule has 3 nitrogen and oxygen atoms in total.